The van der Waals surface area contributed by atoms with Gasteiger partial charge in [0, 0.05) is 58.4 Å². The Kier molecular flexibility index (Phi) is 10.5. The van der Waals surface area contributed by atoms with E-state index in [1.54, 1.807) is 0 Å². The predicted octanol–water partition coefficient (Wildman–Crippen LogP) is 3.55. The zero-order chi connectivity index (χ0) is 21.5. The number of hydrogen-bond donors (Lipinski definition) is 1. The molecule has 4 rings (SSSR count). The van der Waals surface area contributed by atoms with Crippen molar-refractivity contribution in [1.82, 2.24) is 20.0 Å². The quantitative estimate of drug-likeness (QED) is 0.331. The zero-order valence-corrected chi connectivity index (χ0v) is 22.3. The highest BCUT2D eigenvalue weighted by atomic mass is 127. The number of benzene rings is 1. The number of likely N-dealkylation sites (tertiary alicyclic amines) is 1. The first kappa shape index (κ1) is 25.7. The van der Waals surface area contributed by atoms with Crippen molar-refractivity contribution in [3.8, 4) is 0 Å². The fraction of sp³-hybridized carbons (Fsp3) is 0.720. The second-order valence-corrected chi connectivity index (χ2v) is 9.41. The van der Waals surface area contributed by atoms with Crippen molar-refractivity contribution in [1.29, 1.82) is 0 Å². The Balaban J connectivity index is 0.00000289. The van der Waals surface area contributed by atoms with Gasteiger partial charge in [-0.2, -0.15) is 0 Å². The normalized spacial score (nSPS) is 23.4. The highest BCUT2D eigenvalue weighted by Gasteiger charge is 2.30. The molecule has 2 aliphatic heterocycles. The summed E-state index contributed by atoms with van der Waals surface area (Å²) < 4.78 is 5.52. The van der Waals surface area contributed by atoms with Crippen molar-refractivity contribution in [3.63, 3.8) is 0 Å². The maximum absolute atomic E-state index is 5.52. The molecule has 2 saturated heterocycles. The molecule has 1 unspecified atom stereocenters. The molecule has 1 saturated carbocycles. The van der Waals surface area contributed by atoms with Gasteiger partial charge in [0.1, 0.15) is 0 Å². The van der Waals surface area contributed by atoms with Gasteiger partial charge in [-0.25, -0.2) is 0 Å². The van der Waals surface area contributed by atoms with Gasteiger partial charge in [-0.05, 0) is 37.4 Å². The van der Waals surface area contributed by atoms with Crippen LogP contribution in [0, 0.1) is 0 Å². The van der Waals surface area contributed by atoms with Crippen LogP contribution in [0.4, 0.5) is 0 Å². The van der Waals surface area contributed by atoms with E-state index in [0.717, 1.165) is 64.5 Å². The minimum atomic E-state index is 0. The van der Waals surface area contributed by atoms with Gasteiger partial charge in [0.25, 0.3) is 0 Å². The highest BCUT2D eigenvalue weighted by Crippen LogP contribution is 2.24. The number of nitrogens with one attached hydrogen (secondary N) is 1. The molecular weight excluding hydrogens is 513 g/mol. The summed E-state index contributed by atoms with van der Waals surface area (Å²) in [7, 11) is 4.21. The Labute approximate surface area is 211 Å². The monoisotopic (exact) mass is 555 g/mol. The van der Waals surface area contributed by atoms with E-state index in [-0.39, 0.29) is 24.0 Å². The number of ether oxygens (including phenoxy) is 1. The first-order chi connectivity index (χ1) is 15.2. The van der Waals surface area contributed by atoms with Crippen LogP contribution < -0.4 is 5.32 Å². The molecule has 0 aromatic heterocycles. The Hall–Kier alpha value is -0.900. The molecule has 1 N–H and O–H groups in total. The van der Waals surface area contributed by atoms with Crippen LogP contribution in [-0.2, 0) is 17.8 Å². The molecule has 32 heavy (non-hydrogen) atoms. The van der Waals surface area contributed by atoms with E-state index in [9.17, 15) is 0 Å². The Morgan fingerprint density at radius 1 is 1.06 bits per heavy atom. The molecule has 180 valence electrons. The summed E-state index contributed by atoms with van der Waals surface area (Å²) in [5.41, 5.74) is 2.82. The van der Waals surface area contributed by atoms with Crippen molar-refractivity contribution in [2.24, 2.45) is 4.99 Å². The molecule has 0 bridgehead atoms. The van der Waals surface area contributed by atoms with Crippen molar-refractivity contribution < 1.29 is 4.74 Å². The lowest BCUT2D eigenvalue weighted by Gasteiger charge is -2.32. The van der Waals surface area contributed by atoms with E-state index in [0.29, 0.717) is 6.04 Å². The molecule has 1 aromatic rings. The topological polar surface area (TPSA) is 43.3 Å². The maximum Gasteiger partial charge on any atom is 0.193 e. The molecule has 0 amide bonds. The minimum Gasteiger partial charge on any atom is -0.379 e. The second-order valence-electron chi connectivity index (χ2n) is 9.41. The van der Waals surface area contributed by atoms with Crippen LogP contribution in [0.15, 0.2) is 29.3 Å². The summed E-state index contributed by atoms with van der Waals surface area (Å²) in [6.07, 6.45) is 8.09. The van der Waals surface area contributed by atoms with Gasteiger partial charge in [-0.3, -0.25) is 14.8 Å². The van der Waals surface area contributed by atoms with Gasteiger partial charge in [0.15, 0.2) is 5.96 Å². The molecule has 0 spiro atoms. The van der Waals surface area contributed by atoms with Crippen molar-refractivity contribution >= 4 is 29.9 Å². The molecule has 1 aliphatic carbocycles. The molecule has 0 radical (unpaired) electrons. The first-order valence-corrected chi connectivity index (χ1v) is 12.3. The number of guanidine groups is 1. The van der Waals surface area contributed by atoms with E-state index < -0.39 is 0 Å². The van der Waals surface area contributed by atoms with Gasteiger partial charge in [-0.1, -0.05) is 43.5 Å². The number of hydrogen-bond acceptors (Lipinski definition) is 4. The zero-order valence-electron chi connectivity index (χ0n) is 20.0. The lowest BCUT2D eigenvalue weighted by molar-refractivity contribution is 0.0195. The van der Waals surface area contributed by atoms with E-state index in [1.807, 2.05) is 7.05 Å². The smallest absolute Gasteiger partial charge is 0.193 e. The third kappa shape index (κ3) is 6.81. The Morgan fingerprint density at radius 2 is 1.78 bits per heavy atom. The van der Waals surface area contributed by atoms with Crippen molar-refractivity contribution in [3.05, 3.63) is 35.4 Å². The van der Waals surface area contributed by atoms with E-state index in [1.165, 1.54) is 49.7 Å². The third-order valence-electron chi connectivity index (χ3n) is 7.41. The van der Waals surface area contributed by atoms with Crippen molar-refractivity contribution in [2.75, 3.05) is 53.5 Å². The molecule has 3 aliphatic rings. The lowest BCUT2D eigenvalue weighted by Crippen LogP contribution is -2.46. The Morgan fingerprint density at radius 3 is 2.50 bits per heavy atom. The largest absolute Gasteiger partial charge is 0.379 e. The van der Waals surface area contributed by atoms with Gasteiger partial charge >= 0.3 is 0 Å². The van der Waals surface area contributed by atoms with Crippen LogP contribution in [0.25, 0.3) is 0 Å². The summed E-state index contributed by atoms with van der Waals surface area (Å²) in [4.78, 5) is 12.2. The van der Waals surface area contributed by atoms with Crippen LogP contribution in [0.1, 0.15) is 49.7 Å². The molecular formula is C25H42IN5O. The average molecular weight is 556 g/mol. The summed E-state index contributed by atoms with van der Waals surface area (Å²) in [5, 5.41) is 3.66. The van der Waals surface area contributed by atoms with Crippen LogP contribution in [0.3, 0.4) is 0 Å². The maximum atomic E-state index is 5.52. The van der Waals surface area contributed by atoms with Crippen LogP contribution in [0.2, 0.25) is 0 Å². The van der Waals surface area contributed by atoms with Crippen molar-refractivity contribution in [2.45, 2.75) is 63.7 Å². The molecule has 7 heteroatoms. The van der Waals surface area contributed by atoms with E-state index >= 15 is 0 Å². The van der Waals surface area contributed by atoms with Gasteiger partial charge in [0.05, 0.1) is 13.2 Å². The van der Waals surface area contributed by atoms with Gasteiger partial charge < -0.3 is 15.0 Å². The standard InChI is InChI=1S/C25H41N5O.HI/c1-26-25(30-13-12-24(20-30)29-14-16-31-17-15-29)27-18-21-8-6-7-9-22(21)19-28(2)23-10-4-3-5-11-23;/h6-9,23-24H,3-5,10-20H2,1-2H3,(H,26,27);1H. The minimum absolute atomic E-state index is 0. The van der Waals surface area contributed by atoms with E-state index in [2.05, 4.69) is 56.3 Å². The molecule has 1 atom stereocenters. The number of morpholine rings is 1. The average Bonchev–Trinajstić information content (AvgIpc) is 3.32. The van der Waals surface area contributed by atoms with Gasteiger partial charge in [-0.15, -0.1) is 24.0 Å². The summed E-state index contributed by atoms with van der Waals surface area (Å²) in [5.74, 6) is 1.03. The fourth-order valence-corrected chi connectivity index (χ4v) is 5.49. The molecule has 2 heterocycles. The number of aliphatic imine (C=N–C) groups is 1. The summed E-state index contributed by atoms with van der Waals surface area (Å²) in [6.45, 7) is 7.87. The Bertz CT molecular complexity index is 718. The predicted molar refractivity (Wildman–Crippen MR) is 143 cm³/mol. The fourth-order valence-electron chi connectivity index (χ4n) is 5.49. The third-order valence-corrected chi connectivity index (χ3v) is 7.41. The summed E-state index contributed by atoms with van der Waals surface area (Å²) >= 11 is 0. The lowest BCUT2D eigenvalue weighted by atomic mass is 9.94. The number of halogens is 1. The first-order valence-electron chi connectivity index (χ1n) is 12.3. The second kappa shape index (κ2) is 13.1. The van der Waals surface area contributed by atoms with E-state index in [4.69, 9.17) is 4.74 Å². The molecule has 1 aromatic carbocycles. The van der Waals surface area contributed by atoms with Crippen LogP contribution in [-0.4, -0.2) is 86.2 Å². The van der Waals surface area contributed by atoms with Crippen LogP contribution in [0.5, 0.6) is 0 Å². The molecule has 6 nitrogen and oxygen atoms in total. The molecule has 3 fully saturated rings. The summed E-state index contributed by atoms with van der Waals surface area (Å²) in [6, 6.07) is 10.3. The number of nitrogens with zero attached hydrogens (tertiary/aromatic N) is 4. The van der Waals surface area contributed by atoms with Gasteiger partial charge in [0.2, 0.25) is 0 Å². The number of rotatable bonds is 6. The SMILES string of the molecule is CN=C(NCc1ccccc1CN(C)C1CCCCC1)N1CCC(N2CCOCC2)C1.I. The highest BCUT2D eigenvalue weighted by molar-refractivity contribution is 14.0. The van der Waals surface area contributed by atoms with Crippen LogP contribution >= 0.6 is 24.0 Å².